The van der Waals surface area contributed by atoms with Gasteiger partial charge in [0.05, 0.1) is 16.5 Å². The van der Waals surface area contributed by atoms with Gasteiger partial charge in [-0.05, 0) is 38.8 Å². The van der Waals surface area contributed by atoms with E-state index in [-0.39, 0.29) is 12.2 Å². The molecule has 0 amide bonds. The number of halogens is 1. The summed E-state index contributed by atoms with van der Waals surface area (Å²) in [7, 11) is -3.38. The number of hydrogen-bond acceptors (Lipinski definition) is 4. The van der Waals surface area contributed by atoms with E-state index in [9.17, 15) is 8.42 Å². The zero-order valence-corrected chi connectivity index (χ0v) is 13.4. The number of ether oxygens (including phenoxy) is 1. The summed E-state index contributed by atoms with van der Waals surface area (Å²) in [6.07, 6.45) is 1.84. The van der Waals surface area contributed by atoms with Crippen molar-refractivity contribution in [2.45, 2.75) is 43.1 Å². The van der Waals surface area contributed by atoms with E-state index in [1.165, 1.54) is 4.31 Å². The van der Waals surface area contributed by atoms with Gasteiger partial charge >= 0.3 is 0 Å². The Hall–Kier alpha value is -0.140. The predicted molar refractivity (Wildman–Crippen MR) is 77.3 cm³/mol. The van der Waals surface area contributed by atoms with E-state index in [0.29, 0.717) is 21.6 Å². The minimum Gasteiger partial charge on any atom is -0.375 e. The van der Waals surface area contributed by atoms with Crippen molar-refractivity contribution in [2.75, 3.05) is 13.1 Å². The molecule has 2 rings (SSSR count). The third-order valence-corrected chi connectivity index (χ3v) is 6.61. The molecule has 0 unspecified atom stereocenters. The predicted octanol–water partition coefficient (Wildman–Crippen LogP) is 2.98. The second-order valence-electron chi connectivity index (χ2n) is 4.85. The molecule has 1 aliphatic rings. The minimum atomic E-state index is -3.38. The Kier molecular flexibility index (Phi) is 4.89. The number of hydrogen-bond donors (Lipinski definition) is 0. The first-order valence-corrected chi connectivity index (χ1v) is 8.94. The van der Waals surface area contributed by atoms with Crippen LogP contribution in [0, 0.1) is 0 Å². The molecule has 1 fully saturated rings. The molecule has 0 aromatic carbocycles. The van der Waals surface area contributed by atoms with Gasteiger partial charge in [0.2, 0.25) is 0 Å². The van der Waals surface area contributed by atoms with E-state index in [4.69, 9.17) is 16.3 Å². The van der Waals surface area contributed by atoms with Crippen molar-refractivity contribution in [1.29, 1.82) is 0 Å². The second-order valence-corrected chi connectivity index (χ2v) is 8.73. The van der Waals surface area contributed by atoms with Gasteiger partial charge in [0, 0.05) is 13.1 Å². The van der Waals surface area contributed by atoms with Crippen molar-refractivity contribution in [2.24, 2.45) is 0 Å². The summed E-state index contributed by atoms with van der Waals surface area (Å²) in [6, 6.07) is 3.19. The van der Waals surface area contributed by atoms with Crippen molar-refractivity contribution < 1.29 is 13.2 Å². The van der Waals surface area contributed by atoms with Crippen molar-refractivity contribution in [3.05, 3.63) is 16.5 Å². The Bertz CT molecular complexity index is 519. The Balaban J connectivity index is 2.01. The van der Waals surface area contributed by atoms with Crippen molar-refractivity contribution >= 4 is 33.0 Å². The van der Waals surface area contributed by atoms with Crippen LogP contribution in [-0.4, -0.2) is 38.0 Å². The number of piperidine rings is 1. The van der Waals surface area contributed by atoms with E-state index >= 15 is 0 Å². The highest BCUT2D eigenvalue weighted by atomic mass is 35.5. The molecule has 0 atom stereocenters. The zero-order chi connectivity index (χ0) is 14.0. The molecule has 7 heteroatoms. The normalized spacial score (nSPS) is 19.2. The standard InChI is InChI=1S/C12H18ClNO3S2/c1-9(2)17-10-5-7-14(8-6-10)19(15,16)12-4-3-11(13)18-12/h3-4,9-10H,5-8H2,1-2H3. The maximum absolute atomic E-state index is 12.4. The highest BCUT2D eigenvalue weighted by Crippen LogP contribution is 2.30. The summed E-state index contributed by atoms with van der Waals surface area (Å²) in [6.45, 7) is 5.01. The SMILES string of the molecule is CC(C)OC1CCN(S(=O)(=O)c2ccc(Cl)s2)CC1. The third-order valence-electron chi connectivity index (χ3n) is 3.01. The maximum atomic E-state index is 12.4. The first kappa shape index (κ1) is 15.3. The van der Waals surface area contributed by atoms with E-state index < -0.39 is 10.0 Å². The molecule has 19 heavy (non-hydrogen) atoms. The van der Waals surface area contributed by atoms with Crippen LogP contribution in [-0.2, 0) is 14.8 Å². The highest BCUT2D eigenvalue weighted by molar-refractivity contribution is 7.91. The minimum absolute atomic E-state index is 0.165. The highest BCUT2D eigenvalue weighted by Gasteiger charge is 2.30. The average Bonchev–Trinajstić information content (AvgIpc) is 2.76. The quantitative estimate of drug-likeness (QED) is 0.855. The van der Waals surface area contributed by atoms with Gasteiger partial charge in [-0.1, -0.05) is 11.6 Å². The van der Waals surface area contributed by atoms with Crippen LogP contribution in [0.15, 0.2) is 16.3 Å². The molecule has 1 aromatic rings. The number of thiophene rings is 1. The van der Waals surface area contributed by atoms with E-state index in [0.717, 1.165) is 24.2 Å². The van der Waals surface area contributed by atoms with Gasteiger partial charge in [-0.15, -0.1) is 11.3 Å². The maximum Gasteiger partial charge on any atom is 0.252 e. The lowest BCUT2D eigenvalue weighted by molar-refractivity contribution is -0.0168. The molecular formula is C12H18ClNO3S2. The topological polar surface area (TPSA) is 46.6 Å². The van der Waals surface area contributed by atoms with Crippen LogP contribution < -0.4 is 0 Å². The fourth-order valence-corrected chi connectivity index (χ4v) is 5.26. The van der Waals surface area contributed by atoms with Crippen LogP contribution in [0.2, 0.25) is 4.34 Å². The Morgan fingerprint density at radius 1 is 1.37 bits per heavy atom. The molecule has 2 heterocycles. The number of rotatable bonds is 4. The molecule has 0 aliphatic carbocycles. The largest absolute Gasteiger partial charge is 0.375 e. The fraction of sp³-hybridized carbons (Fsp3) is 0.667. The molecule has 1 aliphatic heterocycles. The van der Waals surface area contributed by atoms with Gasteiger partial charge in [-0.3, -0.25) is 0 Å². The monoisotopic (exact) mass is 323 g/mol. The smallest absolute Gasteiger partial charge is 0.252 e. The summed E-state index contributed by atoms with van der Waals surface area (Å²) in [5, 5.41) is 0. The summed E-state index contributed by atoms with van der Waals surface area (Å²) < 4.78 is 32.8. The molecule has 4 nitrogen and oxygen atoms in total. The molecule has 108 valence electrons. The first-order valence-electron chi connectivity index (χ1n) is 6.30. The van der Waals surface area contributed by atoms with Gasteiger partial charge in [0.25, 0.3) is 10.0 Å². The van der Waals surface area contributed by atoms with Crippen LogP contribution in [0.4, 0.5) is 0 Å². The van der Waals surface area contributed by atoms with Gasteiger partial charge in [-0.2, -0.15) is 4.31 Å². The molecule has 0 N–H and O–H groups in total. The number of nitrogens with zero attached hydrogens (tertiary/aromatic N) is 1. The fourth-order valence-electron chi connectivity index (χ4n) is 2.16. The average molecular weight is 324 g/mol. The Morgan fingerprint density at radius 3 is 2.47 bits per heavy atom. The van der Waals surface area contributed by atoms with Crippen molar-refractivity contribution in [1.82, 2.24) is 4.31 Å². The van der Waals surface area contributed by atoms with E-state index in [2.05, 4.69) is 0 Å². The molecule has 0 saturated carbocycles. The summed E-state index contributed by atoms with van der Waals surface area (Å²) in [5.74, 6) is 0. The van der Waals surface area contributed by atoms with Gasteiger partial charge in [0.15, 0.2) is 0 Å². The molecular weight excluding hydrogens is 306 g/mol. The summed E-state index contributed by atoms with van der Waals surface area (Å²) >= 11 is 6.91. The second kappa shape index (κ2) is 6.10. The van der Waals surface area contributed by atoms with Crippen LogP contribution in [0.1, 0.15) is 26.7 Å². The van der Waals surface area contributed by atoms with Gasteiger partial charge in [0.1, 0.15) is 4.21 Å². The van der Waals surface area contributed by atoms with Crippen LogP contribution in [0.3, 0.4) is 0 Å². The molecule has 0 radical (unpaired) electrons. The molecule has 1 saturated heterocycles. The van der Waals surface area contributed by atoms with Crippen LogP contribution >= 0.6 is 22.9 Å². The molecule has 0 bridgehead atoms. The Morgan fingerprint density at radius 2 is 2.00 bits per heavy atom. The van der Waals surface area contributed by atoms with Crippen molar-refractivity contribution in [3.8, 4) is 0 Å². The summed E-state index contributed by atoms with van der Waals surface area (Å²) in [5.41, 5.74) is 0. The van der Waals surface area contributed by atoms with E-state index in [1.807, 2.05) is 13.8 Å². The lowest BCUT2D eigenvalue weighted by Crippen LogP contribution is -2.41. The Labute approximate surface area is 123 Å². The van der Waals surface area contributed by atoms with E-state index in [1.54, 1.807) is 12.1 Å². The third kappa shape index (κ3) is 3.70. The van der Waals surface area contributed by atoms with Gasteiger partial charge < -0.3 is 4.74 Å². The van der Waals surface area contributed by atoms with Crippen LogP contribution in [0.5, 0.6) is 0 Å². The molecule has 0 spiro atoms. The summed E-state index contributed by atoms with van der Waals surface area (Å²) in [4.78, 5) is 0. The van der Waals surface area contributed by atoms with Gasteiger partial charge in [-0.25, -0.2) is 8.42 Å². The van der Waals surface area contributed by atoms with Crippen LogP contribution in [0.25, 0.3) is 0 Å². The van der Waals surface area contributed by atoms with Crippen molar-refractivity contribution in [3.63, 3.8) is 0 Å². The number of sulfonamides is 1. The zero-order valence-electron chi connectivity index (χ0n) is 11.0. The molecule has 1 aromatic heterocycles. The lowest BCUT2D eigenvalue weighted by Gasteiger charge is -2.31. The first-order chi connectivity index (χ1) is 8.89. The lowest BCUT2D eigenvalue weighted by atomic mass is 10.1.